The van der Waals surface area contributed by atoms with Crippen molar-refractivity contribution in [2.24, 2.45) is 5.92 Å². The SMILES string of the molecule is CCNCC1CCN(C(=O)c2ccc(C)nc2C)CC1.Cl.Cl. The Balaban J connectivity index is 0.00000220. The van der Waals surface area contributed by atoms with Crippen molar-refractivity contribution in [1.82, 2.24) is 15.2 Å². The summed E-state index contributed by atoms with van der Waals surface area (Å²) in [6.45, 7) is 9.82. The summed E-state index contributed by atoms with van der Waals surface area (Å²) in [7, 11) is 0. The van der Waals surface area contributed by atoms with Gasteiger partial charge in [-0.25, -0.2) is 0 Å². The molecule has 4 nitrogen and oxygen atoms in total. The van der Waals surface area contributed by atoms with E-state index in [9.17, 15) is 4.79 Å². The number of aryl methyl sites for hydroxylation is 2. The molecule has 0 bridgehead atoms. The maximum Gasteiger partial charge on any atom is 0.255 e. The fourth-order valence-electron chi connectivity index (χ4n) is 2.77. The van der Waals surface area contributed by atoms with Gasteiger partial charge in [0.2, 0.25) is 0 Å². The van der Waals surface area contributed by atoms with E-state index in [0.29, 0.717) is 5.92 Å². The summed E-state index contributed by atoms with van der Waals surface area (Å²) in [6, 6.07) is 3.82. The van der Waals surface area contributed by atoms with Gasteiger partial charge in [-0.05, 0) is 57.8 Å². The number of hydrogen-bond acceptors (Lipinski definition) is 3. The molecular weight excluding hydrogens is 321 g/mol. The molecule has 1 fully saturated rings. The van der Waals surface area contributed by atoms with Crippen LogP contribution in [0.4, 0.5) is 0 Å². The minimum absolute atomic E-state index is 0. The van der Waals surface area contributed by atoms with E-state index in [4.69, 9.17) is 0 Å². The number of rotatable bonds is 4. The predicted octanol–water partition coefficient (Wildman–Crippen LogP) is 3.00. The van der Waals surface area contributed by atoms with Gasteiger partial charge in [0.1, 0.15) is 0 Å². The fourth-order valence-corrected chi connectivity index (χ4v) is 2.77. The molecule has 0 atom stereocenters. The smallest absolute Gasteiger partial charge is 0.255 e. The highest BCUT2D eigenvalue weighted by Crippen LogP contribution is 2.19. The van der Waals surface area contributed by atoms with Crippen molar-refractivity contribution in [1.29, 1.82) is 0 Å². The van der Waals surface area contributed by atoms with Crippen molar-refractivity contribution >= 4 is 30.7 Å². The first-order valence-electron chi connectivity index (χ1n) is 7.56. The summed E-state index contributed by atoms with van der Waals surface area (Å²) < 4.78 is 0. The second-order valence-corrected chi connectivity index (χ2v) is 5.63. The number of likely N-dealkylation sites (tertiary alicyclic amines) is 1. The second-order valence-electron chi connectivity index (χ2n) is 5.63. The van der Waals surface area contributed by atoms with Crippen LogP contribution in [0.15, 0.2) is 12.1 Å². The third-order valence-electron chi connectivity index (χ3n) is 4.04. The lowest BCUT2D eigenvalue weighted by Crippen LogP contribution is -2.41. The topological polar surface area (TPSA) is 45.2 Å². The molecule has 2 rings (SSSR count). The van der Waals surface area contributed by atoms with Crippen molar-refractivity contribution in [2.45, 2.75) is 33.6 Å². The molecule has 0 saturated carbocycles. The number of halogens is 2. The Morgan fingerprint density at radius 3 is 2.45 bits per heavy atom. The van der Waals surface area contributed by atoms with Gasteiger partial charge in [-0.3, -0.25) is 9.78 Å². The molecular formula is C16H27Cl2N3O. The first kappa shape index (κ1) is 21.2. The van der Waals surface area contributed by atoms with Crippen LogP contribution in [0.2, 0.25) is 0 Å². The third kappa shape index (κ3) is 5.41. The number of nitrogens with zero attached hydrogens (tertiary/aromatic N) is 2. The van der Waals surface area contributed by atoms with Crippen LogP contribution in [-0.2, 0) is 0 Å². The van der Waals surface area contributed by atoms with E-state index in [2.05, 4.69) is 17.2 Å². The van der Waals surface area contributed by atoms with Crippen LogP contribution in [-0.4, -0.2) is 42.0 Å². The van der Waals surface area contributed by atoms with E-state index in [1.54, 1.807) is 0 Å². The highest BCUT2D eigenvalue weighted by atomic mass is 35.5. The van der Waals surface area contributed by atoms with E-state index < -0.39 is 0 Å². The molecule has 1 aromatic rings. The zero-order valence-corrected chi connectivity index (χ0v) is 15.2. The van der Waals surface area contributed by atoms with Gasteiger partial charge in [0.15, 0.2) is 0 Å². The van der Waals surface area contributed by atoms with E-state index in [1.165, 1.54) is 0 Å². The molecule has 0 aromatic carbocycles. The minimum Gasteiger partial charge on any atom is -0.339 e. The highest BCUT2D eigenvalue weighted by Gasteiger charge is 2.24. The number of hydrogen-bond donors (Lipinski definition) is 1. The average Bonchev–Trinajstić information content (AvgIpc) is 2.45. The van der Waals surface area contributed by atoms with Crippen LogP contribution < -0.4 is 5.32 Å². The molecule has 1 aliphatic rings. The molecule has 0 spiro atoms. The predicted molar refractivity (Wildman–Crippen MR) is 95.4 cm³/mol. The van der Waals surface area contributed by atoms with Crippen molar-refractivity contribution in [2.75, 3.05) is 26.2 Å². The van der Waals surface area contributed by atoms with E-state index >= 15 is 0 Å². The third-order valence-corrected chi connectivity index (χ3v) is 4.04. The average molecular weight is 348 g/mol. The molecule has 0 aliphatic carbocycles. The second kappa shape index (κ2) is 10.0. The van der Waals surface area contributed by atoms with Crippen LogP contribution >= 0.6 is 24.8 Å². The molecule has 0 radical (unpaired) electrons. The van der Waals surface area contributed by atoms with Crippen molar-refractivity contribution in [3.05, 3.63) is 29.1 Å². The monoisotopic (exact) mass is 347 g/mol. The summed E-state index contributed by atoms with van der Waals surface area (Å²) >= 11 is 0. The number of pyridine rings is 1. The minimum atomic E-state index is 0. The Labute approximate surface area is 145 Å². The zero-order chi connectivity index (χ0) is 14.5. The standard InChI is InChI=1S/C16H25N3O.2ClH/c1-4-17-11-14-7-9-19(10-8-14)16(20)15-6-5-12(2)18-13(15)3;;/h5-6,14,17H,4,7-11H2,1-3H3;2*1H. The summed E-state index contributed by atoms with van der Waals surface area (Å²) in [6.07, 6.45) is 2.19. The van der Waals surface area contributed by atoms with Crippen molar-refractivity contribution in [3.8, 4) is 0 Å². The van der Waals surface area contributed by atoms with Gasteiger partial charge in [0.05, 0.1) is 11.3 Å². The molecule has 0 unspecified atom stereocenters. The van der Waals surface area contributed by atoms with Gasteiger partial charge in [0, 0.05) is 18.8 Å². The van der Waals surface area contributed by atoms with E-state index in [1.807, 2.05) is 30.9 Å². The molecule has 6 heteroatoms. The van der Waals surface area contributed by atoms with Gasteiger partial charge < -0.3 is 10.2 Å². The normalized spacial score (nSPS) is 15.0. The number of piperidine rings is 1. The maximum absolute atomic E-state index is 12.5. The van der Waals surface area contributed by atoms with Crippen LogP contribution in [0.1, 0.15) is 41.5 Å². The summed E-state index contributed by atoms with van der Waals surface area (Å²) in [4.78, 5) is 18.9. The quantitative estimate of drug-likeness (QED) is 0.910. The molecule has 126 valence electrons. The number of nitrogens with one attached hydrogen (secondary N) is 1. The molecule has 1 aliphatic heterocycles. The lowest BCUT2D eigenvalue weighted by molar-refractivity contribution is 0.0689. The lowest BCUT2D eigenvalue weighted by Gasteiger charge is -2.32. The van der Waals surface area contributed by atoms with E-state index in [-0.39, 0.29) is 30.7 Å². The van der Waals surface area contributed by atoms with Crippen LogP contribution in [0.25, 0.3) is 0 Å². The van der Waals surface area contributed by atoms with Crippen molar-refractivity contribution < 1.29 is 4.79 Å². The Hall–Kier alpha value is -0.840. The maximum atomic E-state index is 12.5. The molecule has 1 amide bonds. The first-order valence-corrected chi connectivity index (χ1v) is 7.56. The van der Waals surface area contributed by atoms with Gasteiger partial charge in [-0.1, -0.05) is 6.92 Å². The summed E-state index contributed by atoms with van der Waals surface area (Å²) in [5.74, 6) is 0.841. The number of carbonyl (C=O) groups is 1. The summed E-state index contributed by atoms with van der Waals surface area (Å²) in [5.41, 5.74) is 2.55. The Morgan fingerprint density at radius 2 is 1.91 bits per heavy atom. The number of amides is 1. The first-order chi connectivity index (χ1) is 9.61. The van der Waals surface area contributed by atoms with Gasteiger partial charge in [0.25, 0.3) is 5.91 Å². The molecule has 22 heavy (non-hydrogen) atoms. The van der Waals surface area contributed by atoms with Crippen molar-refractivity contribution in [3.63, 3.8) is 0 Å². The Morgan fingerprint density at radius 1 is 1.27 bits per heavy atom. The lowest BCUT2D eigenvalue weighted by atomic mass is 9.96. The van der Waals surface area contributed by atoms with Gasteiger partial charge in [-0.2, -0.15) is 0 Å². The molecule has 1 aromatic heterocycles. The fraction of sp³-hybridized carbons (Fsp3) is 0.625. The summed E-state index contributed by atoms with van der Waals surface area (Å²) in [5, 5.41) is 3.40. The Kier molecular flexibility index (Phi) is 9.65. The van der Waals surface area contributed by atoms with E-state index in [0.717, 1.165) is 56.0 Å². The Bertz CT molecular complexity index is 474. The zero-order valence-electron chi connectivity index (χ0n) is 13.6. The number of carbonyl (C=O) groups excluding carboxylic acids is 1. The molecule has 1 N–H and O–H groups in total. The van der Waals surface area contributed by atoms with Crippen LogP contribution in [0.3, 0.4) is 0 Å². The largest absolute Gasteiger partial charge is 0.339 e. The molecule has 2 heterocycles. The van der Waals surface area contributed by atoms with Crippen LogP contribution in [0, 0.1) is 19.8 Å². The highest BCUT2D eigenvalue weighted by molar-refractivity contribution is 5.95. The van der Waals surface area contributed by atoms with Crippen LogP contribution in [0.5, 0.6) is 0 Å². The van der Waals surface area contributed by atoms with Gasteiger partial charge >= 0.3 is 0 Å². The molecule has 1 saturated heterocycles. The van der Waals surface area contributed by atoms with Gasteiger partial charge in [-0.15, -0.1) is 24.8 Å². The number of aromatic nitrogens is 1.